The van der Waals surface area contributed by atoms with Crippen LogP contribution in [-0.2, 0) is 4.79 Å². The molecule has 0 radical (unpaired) electrons. The number of hydrogen-bond acceptors (Lipinski definition) is 2. The zero-order valence-electron chi connectivity index (χ0n) is 13.9. The van der Waals surface area contributed by atoms with E-state index in [4.69, 9.17) is 0 Å². The van der Waals surface area contributed by atoms with Crippen LogP contribution in [0.3, 0.4) is 0 Å². The summed E-state index contributed by atoms with van der Waals surface area (Å²) >= 11 is 0. The Labute approximate surface area is 129 Å². The maximum atomic E-state index is 13.4. The molecule has 1 saturated heterocycles. The third-order valence-electron chi connectivity index (χ3n) is 5.64. The molecule has 1 atom stereocenters. The number of hydrogen-bond donors (Lipinski definition) is 1. The summed E-state index contributed by atoms with van der Waals surface area (Å²) in [5.74, 6) is 1.13. The van der Waals surface area contributed by atoms with Gasteiger partial charge in [-0.25, -0.2) is 0 Å². The lowest BCUT2D eigenvalue weighted by Gasteiger charge is -2.37. The summed E-state index contributed by atoms with van der Waals surface area (Å²) in [5.41, 5.74) is -0.0185. The van der Waals surface area contributed by atoms with Crippen molar-refractivity contribution in [2.45, 2.75) is 83.7 Å². The molecule has 3 heteroatoms. The largest absolute Gasteiger partial charge is 0.338 e. The molecular formula is C18H32N2O. The first-order valence-corrected chi connectivity index (χ1v) is 9.15. The average Bonchev–Trinajstić information content (AvgIpc) is 2.96. The normalized spacial score (nSPS) is 28.2. The van der Waals surface area contributed by atoms with Crippen LogP contribution in [0.2, 0.25) is 0 Å². The third-order valence-corrected chi connectivity index (χ3v) is 5.64. The molecule has 120 valence electrons. The third kappa shape index (κ3) is 3.44. The molecule has 2 aliphatic carbocycles. The Morgan fingerprint density at radius 2 is 1.90 bits per heavy atom. The molecule has 0 bridgehead atoms. The summed E-state index contributed by atoms with van der Waals surface area (Å²) in [7, 11) is 0. The van der Waals surface area contributed by atoms with Crippen molar-refractivity contribution in [1.82, 2.24) is 10.2 Å². The van der Waals surface area contributed by atoms with Crippen molar-refractivity contribution in [3.63, 3.8) is 0 Å². The summed E-state index contributed by atoms with van der Waals surface area (Å²) in [6, 6.07) is 1.11. The van der Waals surface area contributed by atoms with E-state index in [1.165, 1.54) is 38.5 Å². The van der Waals surface area contributed by atoms with Crippen LogP contribution in [0.15, 0.2) is 0 Å². The maximum Gasteiger partial charge on any atom is 0.229 e. The van der Waals surface area contributed by atoms with Crippen LogP contribution in [0, 0.1) is 11.3 Å². The second-order valence-corrected chi connectivity index (χ2v) is 8.07. The summed E-state index contributed by atoms with van der Waals surface area (Å²) in [5, 5.41) is 3.57. The van der Waals surface area contributed by atoms with E-state index >= 15 is 0 Å². The Morgan fingerprint density at radius 3 is 2.43 bits per heavy atom. The van der Waals surface area contributed by atoms with E-state index in [-0.39, 0.29) is 5.41 Å². The zero-order chi connectivity index (χ0) is 14.9. The van der Waals surface area contributed by atoms with Crippen LogP contribution in [0.25, 0.3) is 0 Å². The SMILES string of the molecule is CC(C)CC1(C(=O)N(CC2CCCN2)C2CC2)CCCC1. The molecule has 1 N–H and O–H groups in total. The monoisotopic (exact) mass is 292 g/mol. The highest BCUT2D eigenvalue weighted by Gasteiger charge is 2.47. The fourth-order valence-electron chi connectivity index (χ4n) is 4.58. The molecular weight excluding hydrogens is 260 g/mol. The highest BCUT2D eigenvalue weighted by Crippen LogP contribution is 2.46. The lowest BCUT2D eigenvalue weighted by atomic mass is 9.77. The molecule has 0 spiro atoms. The number of rotatable bonds is 6. The van der Waals surface area contributed by atoms with Gasteiger partial charge in [-0.05, 0) is 57.4 Å². The molecule has 0 aromatic carbocycles. The quantitative estimate of drug-likeness (QED) is 0.814. The van der Waals surface area contributed by atoms with Gasteiger partial charge in [0.15, 0.2) is 0 Å². The van der Waals surface area contributed by atoms with Gasteiger partial charge < -0.3 is 10.2 Å². The van der Waals surface area contributed by atoms with Gasteiger partial charge in [0, 0.05) is 24.0 Å². The number of nitrogens with zero attached hydrogens (tertiary/aromatic N) is 1. The van der Waals surface area contributed by atoms with Crippen molar-refractivity contribution in [2.75, 3.05) is 13.1 Å². The first kappa shape index (κ1) is 15.3. The molecule has 3 fully saturated rings. The number of amides is 1. The zero-order valence-corrected chi connectivity index (χ0v) is 13.9. The summed E-state index contributed by atoms with van der Waals surface area (Å²) in [6.45, 7) is 6.64. The first-order valence-electron chi connectivity index (χ1n) is 9.15. The van der Waals surface area contributed by atoms with E-state index in [9.17, 15) is 4.79 Å². The van der Waals surface area contributed by atoms with Gasteiger partial charge >= 0.3 is 0 Å². The predicted molar refractivity (Wildman–Crippen MR) is 86.1 cm³/mol. The van der Waals surface area contributed by atoms with Crippen molar-refractivity contribution in [3.05, 3.63) is 0 Å². The second-order valence-electron chi connectivity index (χ2n) is 8.07. The highest BCUT2D eigenvalue weighted by molar-refractivity contribution is 5.83. The van der Waals surface area contributed by atoms with Gasteiger partial charge in [-0.2, -0.15) is 0 Å². The van der Waals surface area contributed by atoms with Crippen molar-refractivity contribution >= 4 is 5.91 Å². The Hall–Kier alpha value is -0.570. The van der Waals surface area contributed by atoms with Crippen molar-refractivity contribution in [2.24, 2.45) is 11.3 Å². The Balaban J connectivity index is 1.71. The van der Waals surface area contributed by atoms with E-state index in [0.717, 1.165) is 32.4 Å². The van der Waals surface area contributed by atoms with Crippen LogP contribution in [0.5, 0.6) is 0 Å². The summed E-state index contributed by atoms with van der Waals surface area (Å²) in [6.07, 6.45) is 10.8. The second kappa shape index (κ2) is 6.28. The molecule has 0 aromatic heterocycles. The number of carbonyl (C=O) groups is 1. The standard InChI is InChI=1S/C18H32N2O/c1-14(2)12-18(9-3-4-10-18)17(21)20(16-7-8-16)13-15-6-5-11-19-15/h14-16,19H,3-13H2,1-2H3. The van der Waals surface area contributed by atoms with Crippen LogP contribution < -0.4 is 5.32 Å². The lowest BCUT2D eigenvalue weighted by Crippen LogP contribution is -2.49. The predicted octanol–water partition coefficient (Wildman–Crippen LogP) is 3.34. The highest BCUT2D eigenvalue weighted by atomic mass is 16.2. The van der Waals surface area contributed by atoms with E-state index < -0.39 is 0 Å². The topological polar surface area (TPSA) is 32.3 Å². The average molecular weight is 292 g/mol. The van der Waals surface area contributed by atoms with Crippen LogP contribution in [0.1, 0.15) is 71.6 Å². The lowest BCUT2D eigenvalue weighted by molar-refractivity contribution is -0.144. The van der Waals surface area contributed by atoms with E-state index in [1.807, 2.05) is 0 Å². The Morgan fingerprint density at radius 1 is 1.19 bits per heavy atom. The van der Waals surface area contributed by atoms with Gasteiger partial charge in [0.2, 0.25) is 5.91 Å². The molecule has 1 unspecified atom stereocenters. The molecule has 1 aliphatic heterocycles. The summed E-state index contributed by atoms with van der Waals surface area (Å²) in [4.78, 5) is 15.7. The molecule has 2 saturated carbocycles. The van der Waals surface area contributed by atoms with Crippen LogP contribution in [-0.4, -0.2) is 36.0 Å². The molecule has 1 amide bonds. The fourth-order valence-corrected chi connectivity index (χ4v) is 4.58. The van der Waals surface area contributed by atoms with Crippen LogP contribution >= 0.6 is 0 Å². The van der Waals surface area contributed by atoms with Crippen LogP contribution in [0.4, 0.5) is 0 Å². The first-order chi connectivity index (χ1) is 10.1. The van der Waals surface area contributed by atoms with Gasteiger partial charge in [0.05, 0.1) is 0 Å². The molecule has 3 nitrogen and oxygen atoms in total. The van der Waals surface area contributed by atoms with Crippen molar-refractivity contribution < 1.29 is 4.79 Å². The molecule has 3 rings (SSSR count). The smallest absolute Gasteiger partial charge is 0.229 e. The van der Waals surface area contributed by atoms with Crippen molar-refractivity contribution in [1.29, 1.82) is 0 Å². The Kier molecular flexibility index (Phi) is 4.58. The van der Waals surface area contributed by atoms with E-state index in [1.54, 1.807) is 0 Å². The van der Waals surface area contributed by atoms with E-state index in [0.29, 0.717) is 23.9 Å². The molecule has 0 aromatic rings. The Bertz CT molecular complexity index is 363. The minimum atomic E-state index is -0.0185. The van der Waals surface area contributed by atoms with E-state index in [2.05, 4.69) is 24.1 Å². The molecule has 1 heterocycles. The van der Waals surface area contributed by atoms with Gasteiger partial charge in [-0.1, -0.05) is 26.7 Å². The minimum absolute atomic E-state index is 0.0185. The maximum absolute atomic E-state index is 13.4. The summed E-state index contributed by atoms with van der Waals surface area (Å²) < 4.78 is 0. The van der Waals surface area contributed by atoms with Gasteiger partial charge in [-0.15, -0.1) is 0 Å². The molecule has 21 heavy (non-hydrogen) atoms. The fraction of sp³-hybridized carbons (Fsp3) is 0.944. The minimum Gasteiger partial charge on any atom is -0.338 e. The number of nitrogens with one attached hydrogen (secondary N) is 1. The van der Waals surface area contributed by atoms with Gasteiger partial charge in [0.1, 0.15) is 0 Å². The van der Waals surface area contributed by atoms with Gasteiger partial charge in [0.25, 0.3) is 0 Å². The van der Waals surface area contributed by atoms with Gasteiger partial charge in [-0.3, -0.25) is 4.79 Å². The number of carbonyl (C=O) groups excluding carboxylic acids is 1. The molecule has 3 aliphatic rings. The van der Waals surface area contributed by atoms with Crippen molar-refractivity contribution in [3.8, 4) is 0 Å².